The fourth-order valence-corrected chi connectivity index (χ4v) is 0.980. The average Bonchev–Trinajstić information content (AvgIpc) is 2.08. The maximum Gasteiger partial charge on any atom is 0.338 e. The van der Waals surface area contributed by atoms with E-state index in [0.29, 0.717) is 0 Å². The van der Waals surface area contributed by atoms with Gasteiger partial charge in [0, 0.05) is 0 Å². The van der Waals surface area contributed by atoms with Crippen molar-refractivity contribution in [2.75, 3.05) is 6.61 Å². The number of aliphatic hydroxyl groups excluding tert-OH is 4. The maximum absolute atomic E-state index is 10.7. The van der Waals surface area contributed by atoms with Crippen molar-refractivity contribution in [3.8, 4) is 0 Å². The van der Waals surface area contributed by atoms with Crippen LogP contribution in [0.15, 0.2) is 0 Å². The predicted molar refractivity (Wildman–Crippen MR) is 35.0 cm³/mol. The number of carbonyl (C=O) groups is 1. The standard InChI is InChI=1S/C6H10O6/c7-1-2-3(8)4(9)5(10)6(11)12-2/h2-5,7-10H,1H2/t2-,3+,4+,5+/m0/s1. The Labute approximate surface area is 68.0 Å². The van der Waals surface area contributed by atoms with Gasteiger partial charge in [0.2, 0.25) is 0 Å². The van der Waals surface area contributed by atoms with Gasteiger partial charge < -0.3 is 25.2 Å². The lowest BCUT2D eigenvalue weighted by molar-refractivity contribution is -0.206. The van der Waals surface area contributed by atoms with Crippen LogP contribution in [0, 0.1) is 0 Å². The van der Waals surface area contributed by atoms with E-state index >= 15 is 0 Å². The molecule has 6 heteroatoms. The third kappa shape index (κ3) is 1.42. The molecule has 0 aliphatic carbocycles. The molecule has 12 heavy (non-hydrogen) atoms. The number of aliphatic hydroxyl groups is 4. The van der Waals surface area contributed by atoms with E-state index < -0.39 is 37.0 Å². The van der Waals surface area contributed by atoms with Gasteiger partial charge in [0.1, 0.15) is 12.2 Å². The van der Waals surface area contributed by atoms with E-state index in [-0.39, 0.29) is 0 Å². The molecular weight excluding hydrogens is 168 g/mol. The Bertz CT molecular complexity index is 179. The first-order valence-electron chi connectivity index (χ1n) is 3.43. The van der Waals surface area contributed by atoms with Crippen LogP contribution in [0.1, 0.15) is 0 Å². The first-order valence-corrected chi connectivity index (χ1v) is 3.43. The molecule has 1 rings (SSSR count). The van der Waals surface area contributed by atoms with E-state index in [2.05, 4.69) is 4.74 Å². The second-order valence-electron chi connectivity index (χ2n) is 2.58. The van der Waals surface area contributed by atoms with E-state index in [9.17, 15) is 4.79 Å². The molecule has 0 radical (unpaired) electrons. The van der Waals surface area contributed by atoms with Crippen LogP contribution in [-0.4, -0.2) is 57.4 Å². The zero-order valence-electron chi connectivity index (χ0n) is 6.12. The van der Waals surface area contributed by atoms with Gasteiger partial charge in [-0.2, -0.15) is 0 Å². The van der Waals surface area contributed by atoms with Gasteiger partial charge in [-0.1, -0.05) is 0 Å². The van der Waals surface area contributed by atoms with Crippen molar-refractivity contribution in [1.29, 1.82) is 0 Å². The molecule has 0 aromatic rings. The molecule has 1 fully saturated rings. The number of carbonyl (C=O) groups excluding carboxylic acids is 1. The zero-order valence-corrected chi connectivity index (χ0v) is 6.12. The van der Waals surface area contributed by atoms with Crippen molar-refractivity contribution in [2.24, 2.45) is 0 Å². The minimum atomic E-state index is -1.73. The quantitative estimate of drug-likeness (QED) is 0.318. The summed E-state index contributed by atoms with van der Waals surface area (Å²) in [7, 11) is 0. The van der Waals surface area contributed by atoms with Crippen molar-refractivity contribution < 1.29 is 30.0 Å². The number of esters is 1. The molecule has 6 nitrogen and oxygen atoms in total. The molecule has 0 unspecified atom stereocenters. The molecule has 1 heterocycles. The summed E-state index contributed by atoms with van der Waals surface area (Å²) in [5, 5.41) is 35.5. The van der Waals surface area contributed by atoms with E-state index in [1.807, 2.05) is 0 Å². The normalized spacial score (nSPS) is 42.5. The summed E-state index contributed by atoms with van der Waals surface area (Å²) in [6.07, 6.45) is -5.93. The van der Waals surface area contributed by atoms with Crippen molar-refractivity contribution in [2.45, 2.75) is 24.4 Å². The lowest BCUT2D eigenvalue weighted by Crippen LogP contribution is -2.56. The Kier molecular flexibility index (Phi) is 2.63. The van der Waals surface area contributed by atoms with E-state index in [4.69, 9.17) is 20.4 Å². The first kappa shape index (κ1) is 9.40. The summed E-state index contributed by atoms with van der Waals surface area (Å²) in [5.41, 5.74) is 0. The molecule has 4 atom stereocenters. The summed E-state index contributed by atoms with van der Waals surface area (Å²) in [6, 6.07) is 0. The van der Waals surface area contributed by atoms with Crippen LogP contribution in [0.4, 0.5) is 0 Å². The van der Waals surface area contributed by atoms with Crippen molar-refractivity contribution in [3.63, 3.8) is 0 Å². The Balaban J connectivity index is 2.70. The Morgan fingerprint density at radius 1 is 1.25 bits per heavy atom. The number of cyclic esters (lactones) is 1. The molecule has 0 amide bonds. The fourth-order valence-electron chi connectivity index (χ4n) is 0.980. The number of ether oxygens (including phenoxy) is 1. The SMILES string of the molecule is O=C1O[C@@H](CO)[C@@H](O)[C@@H](O)[C@H]1O. The molecule has 0 bridgehead atoms. The maximum atomic E-state index is 10.7. The van der Waals surface area contributed by atoms with E-state index in [1.165, 1.54) is 0 Å². The highest BCUT2D eigenvalue weighted by Gasteiger charge is 2.43. The minimum absolute atomic E-state index is 0.587. The predicted octanol–water partition coefficient (Wildman–Crippen LogP) is -3.01. The summed E-state index contributed by atoms with van der Waals surface area (Å²) in [6.45, 7) is -0.587. The van der Waals surface area contributed by atoms with Crippen molar-refractivity contribution in [3.05, 3.63) is 0 Å². The topological polar surface area (TPSA) is 107 Å². The summed E-state index contributed by atoms with van der Waals surface area (Å²) in [5.74, 6) is -1.04. The van der Waals surface area contributed by atoms with Crippen LogP contribution in [0.3, 0.4) is 0 Å². The highest BCUT2D eigenvalue weighted by Crippen LogP contribution is 2.15. The molecule has 70 valence electrons. The van der Waals surface area contributed by atoms with Gasteiger partial charge in [-0.15, -0.1) is 0 Å². The third-order valence-corrected chi connectivity index (χ3v) is 1.74. The van der Waals surface area contributed by atoms with E-state index in [1.54, 1.807) is 0 Å². The Hall–Kier alpha value is -0.690. The van der Waals surface area contributed by atoms with Gasteiger partial charge in [0.25, 0.3) is 0 Å². The van der Waals surface area contributed by atoms with Crippen LogP contribution >= 0.6 is 0 Å². The molecule has 0 saturated carbocycles. The van der Waals surface area contributed by atoms with Gasteiger partial charge >= 0.3 is 5.97 Å². The molecule has 4 N–H and O–H groups in total. The molecule has 1 aliphatic rings. The average molecular weight is 178 g/mol. The zero-order chi connectivity index (χ0) is 9.30. The van der Waals surface area contributed by atoms with Crippen LogP contribution in [0.5, 0.6) is 0 Å². The summed E-state index contributed by atoms with van der Waals surface area (Å²) in [4.78, 5) is 10.7. The van der Waals surface area contributed by atoms with Gasteiger partial charge in [-0.05, 0) is 0 Å². The second-order valence-corrected chi connectivity index (χ2v) is 2.58. The van der Waals surface area contributed by atoms with Crippen molar-refractivity contribution >= 4 is 5.97 Å². The summed E-state index contributed by atoms with van der Waals surface area (Å²) >= 11 is 0. The fraction of sp³-hybridized carbons (Fsp3) is 0.833. The van der Waals surface area contributed by atoms with Gasteiger partial charge in [0.15, 0.2) is 12.2 Å². The second kappa shape index (κ2) is 3.36. The summed E-state index contributed by atoms with van der Waals surface area (Å²) < 4.78 is 4.38. The molecule has 0 aromatic carbocycles. The van der Waals surface area contributed by atoms with E-state index in [0.717, 1.165) is 0 Å². The third-order valence-electron chi connectivity index (χ3n) is 1.74. The number of rotatable bonds is 1. The van der Waals surface area contributed by atoms with Crippen LogP contribution in [0.25, 0.3) is 0 Å². The largest absolute Gasteiger partial charge is 0.455 e. The van der Waals surface area contributed by atoms with Gasteiger partial charge in [0.05, 0.1) is 6.61 Å². The number of hydrogen-bond acceptors (Lipinski definition) is 6. The Morgan fingerprint density at radius 3 is 2.33 bits per heavy atom. The lowest BCUT2D eigenvalue weighted by atomic mass is 10.0. The molecule has 0 aromatic heterocycles. The molecule has 1 aliphatic heterocycles. The van der Waals surface area contributed by atoms with Crippen LogP contribution in [0.2, 0.25) is 0 Å². The lowest BCUT2D eigenvalue weighted by Gasteiger charge is -2.32. The first-order chi connectivity index (χ1) is 5.57. The van der Waals surface area contributed by atoms with Crippen LogP contribution in [-0.2, 0) is 9.53 Å². The number of hydrogen-bond donors (Lipinski definition) is 4. The molecular formula is C6H10O6. The molecule has 1 saturated heterocycles. The highest BCUT2D eigenvalue weighted by molar-refractivity contribution is 5.76. The monoisotopic (exact) mass is 178 g/mol. The van der Waals surface area contributed by atoms with Gasteiger partial charge in [-0.25, -0.2) is 4.79 Å². The molecule has 0 spiro atoms. The van der Waals surface area contributed by atoms with Crippen LogP contribution < -0.4 is 0 Å². The Morgan fingerprint density at radius 2 is 1.83 bits per heavy atom. The smallest absolute Gasteiger partial charge is 0.338 e. The van der Waals surface area contributed by atoms with Gasteiger partial charge in [-0.3, -0.25) is 0 Å². The minimum Gasteiger partial charge on any atom is -0.455 e. The highest BCUT2D eigenvalue weighted by atomic mass is 16.6. The van der Waals surface area contributed by atoms with Crippen molar-refractivity contribution in [1.82, 2.24) is 0 Å².